The maximum atomic E-state index is 12.3. The quantitative estimate of drug-likeness (QED) is 0.796. The Morgan fingerprint density at radius 3 is 2.68 bits per heavy atom. The fourth-order valence-electron chi connectivity index (χ4n) is 2.60. The van der Waals surface area contributed by atoms with Crippen molar-refractivity contribution in [3.8, 4) is 0 Å². The fraction of sp³-hybridized carbons (Fsp3) is 0.643. The van der Waals surface area contributed by atoms with Gasteiger partial charge in [0.05, 0.1) is 0 Å². The molecule has 2 fully saturated rings. The van der Waals surface area contributed by atoms with E-state index >= 15 is 0 Å². The number of aromatic amines is 1. The summed E-state index contributed by atoms with van der Waals surface area (Å²) in [5.41, 5.74) is 0.716. The first-order valence-electron chi connectivity index (χ1n) is 7.09. The number of halogens is 1. The summed E-state index contributed by atoms with van der Waals surface area (Å²) in [6.45, 7) is 2.92. The van der Waals surface area contributed by atoms with Crippen LogP contribution in [0.4, 0.5) is 0 Å². The van der Waals surface area contributed by atoms with Crippen molar-refractivity contribution in [2.75, 3.05) is 19.6 Å². The molecule has 1 aliphatic carbocycles. The van der Waals surface area contributed by atoms with Gasteiger partial charge in [-0.1, -0.05) is 0 Å². The van der Waals surface area contributed by atoms with Crippen molar-refractivity contribution in [3.63, 3.8) is 0 Å². The van der Waals surface area contributed by atoms with Crippen molar-refractivity contribution in [1.29, 1.82) is 0 Å². The molecule has 0 radical (unpaired) electrons. The molecule has 0 aromatic carbocycles. The van der Waals surface area contributed by atoms with Crippen molar-refractivity contribution in [2.45, 2.75) is 31.7 Å². The lowest BCUT2D eigenvalue weighted by atomic mass is 10.0. The molecule has 1 saturated carbocycles. The first-order valence-corrected chi connectivity index (χ1v) is 8.17. The number of piperidine rings is 1. The van der Waals surface area contributed by atoms with Gasteiger partial charge >= 0.3 is 0 Å². The summed E-state index contributed by atoms with van der Waals surface area (Å²) >= 11 is 2.22. The molecule has 19 heavy (non-hydrogen) atoms. The van der Waals surface area contributed by atoms with Crippen LogP contribution >= 0.6 is 22.6 Å². The van der Waals surface area contributed by atoms with E-state index < -0.39 is 0 Å². The van der Waals surface area contributed by atoms with Crippen LogP contribution in [0.25, 0.3) is 0 Å². The van der Waals surface area contributed by atoms with Crippen LogP contribution in [-0.4, -0.2) is 41.5 Å². The smallest absolute Gasteiger partial charge is 0.270 e. The Bertz CT molecular complexity index is 447. The van der Waals surface area contributed by atoms with Crippen molar-refractivity contribution < 1.29 is 4.79 Å². The summed E-state index contributed by atoms with van der Waals surface area (Å²) in [7, 11) is 0. The second-order valence-electron chi connectivity index (χ2n) is 5.65. The Labute approximate surface area is 127 Å². The SMILES string of the molecule is O=C(c1cc(I)c[nH]1)N1CCC(NCC2CC2)CC1. The standard InChI is InChI=1S/C14H20IN3O/c15-11-7-13(17-9-11)14(19)18-5-3-12(4-6-18)16-8-10-1-2-10/h7,9-10,12,16-17H,1-6,8H2. The second-order valence-corrected chi connectivity index (χ2v) is 6.90. The number of aromatic nitrogens is 1. The van der Waals surface area contributed by atoms with Crippen LogP contribution in [0.3, 0.4) is 0 Å². The van der Waals surface area contributed by atoms with Gasteiger partial charge in [0.2, 0.25) is 0 Å². The van der Waals surface area contributed by atoms with E-state index in [0.29, 0.717) is 11.7 Å². The van der Waals surface area contributed by atoms with Gasteiger partial charge in [-0.15, -0.1) is 0 Å². The summed E-state index contributed by atoms with van der Waals surface area (Å²) in [6, 6.07) is 2.52. The zero-order valence-corrected chi connectivity index (χ0v) is 13.2. The Hall–Kier alpha value is -0.560. The van der Waals surface area contributed by atoms with Crippen molar-refractivity contribution in [3.05, 3.63) is 21.5 Å². The highest BCUT2D eigenvalue weighted by atomic mass is 127. The van der Waals surface area contributed by atoms with Crippen molar-refractivity contribution in [2.24, 2.45) is 5.92 Å². The lowest BCUT2D eigenvalue weighted by Crippen LogP contribution is -2.45. The van der Waals surface area contributed by atoms with E-state index in [1.54, 1.807) is 0 Å². The monoisotopic (exact) mass is 373 g/mol. The van der Waals surface area contributed by atoms with Crippen LogP contribution in [0.1, 0.15) is 36.2 Å². The third-order valence-electron chi connectivity index (χ3n) is 4.05. The Morgan fingerprint density at radius 1 is 1.37 bits per heavy atom. The highest BCUT2D eigenvalue weighted by Crippen LogP contribution is 2.28. The number of amides is 1. The molecule has 3 rings (SSSR count). The van der Waals surface area contributed by atoms with Crippen LogP contribution in [0.5, 0.6) is 0 Å². The number of H-pyrrole nitrogens is 1. The van der Waals surface area contributed by atoms with E-state index in [9.17, 15) is 4.79 Å². The van der Waals surface area contributed by atoms with E-state index in [-0.39, 0.29) is 5.91 Å². The van der Waals surface area contributed by atoms with Crippen molar-refractivity contribution in [1.82, 2.24) is 15.2 Å². The molecule has 104 valence electrons. The highest BCUT2D eigenvalue weighted by molar-refractivity contribution is 14.1. The lowest BCUT2D eigenvalue weighted by molar-refractivity contribution is 0.0699. The third kappa shape index (κ3) is 3.51. The molecule has 2 N–H and O–H groups in total. The lowest BCUT2D eigenvalue weighted by Gasteiger charge is -2.32. The zero-order valence-electron chi connectivity index (χ0n) is 11.0. The van der Waals surface area contributed by atoms with E-state index in [0.717, 1.165) is 35.4 Å². The second kappa shape index (κ2) is 5.83. The molecule has 1 aromatic rings. The van der Waals surface area contributed by atoms with Crippen LogP contribution in [0.15, 0.2) is 12.3 Å². The minimum absolute atomic E-state index is 0.142. The molecule has 2 heterocycles. The Morgan fingerprint density at radius 2 is 2.11 bits per heavy atom. The van der Waals surface area contributed by atoms with Crippen LogP contribution in [0.2, 0.25) is 0 Å². The van der Waals surface area contributed by atoms with Crippen LogP contribution in [0, 0.1) is 9.49 Å². The summed E-state index contributed by atoms with van der Waals surface area (Å²) in [4.78, 5) is 17.3. The number of carbonyl (C=O) groups excluding carboxylic acids is 1. The zero-order chi connectivity index (χ0) is 13.2. The molecule has 4 nitrogen and oxygen atoms in total. The van der Waals surface area contributed by atoms with Gasteiger partial charge in [0, 0.05) is 28.9 Å². The van der Waals surface area contributed by atoms with Crippen molar-refractivity contribution >= 4 is 28.5 Å². The van der Waals surface area contributed by atoms with E-state index in [1.807, 2.05) is 17.2 Å². The maximum absolute atomic E-state index is 12.3. The molecular weight excluding hydrogens is 353 g/mol. The minimum Gasteiger partial charge on any atom is -0.356 e. The molecular formula is C14H20IN3O. The highest BCUT2D eigenvalue weighted by Gasteiger charge is 2.26. The molecule has 1 saturated heterocycles. The number of nitrogens with zero attached hydrogens (tertiary/aromatic N) is 1. The van der Waals surface area contributed by atoms with E-state index in [4.69, 9.17) is 0 Å². The summed E-state index contributed by atoms with van der Waals surface area (Å²) in [5.74, 6) is 1.07. The molecule has 0 unspecified atom stereocenters. The molecule has 1 aliphatic heterocycles. The predicted octanol–water partition coefficient (Wildman–Crippen LogP) is 2.22. The van der Waals surface area contributed by atoms with Gasteiger partial charge in [-0.3, -0.25) is 4.79 Å². The predicted molar refractivity (Wildman–Crippen MR) is 83.2 cm³/mol. The fourth-order valence-corrected chi connectivity index (χ4v) is 3.07. The average molecular weight is 373 g/mol. The first kappa shape index (κ1) is 13.4. The topological polar surface area (TPSA) is 48.1 Å². The molecule has 2 aliphatic rings. The molecule has 1 aromatic heterocycles. The number of nitrogens with one attached hydrogen (secondary N) is 2. The van der Waals surface area contributed by atoms with Gasteiger partial charge in [0.1, 0.15) is 5.69 Å². The summed E-state index contributed by atoms with van der Waals surface area (Å²) in [5, 5.41) is 3.64. The number of carbonyl (C=O) groups is 1. The molecule has 0 bridgehead atoms. The molecule has 5 heteroatoms. The summed E-state index contributed by atoms with van der Waals surface area (Å²) in [6.07, 6.45) is 6.83. The van der Waals surface area contributed by atoms with Gasteiger partial charge in [-0.25, -0.2) is 0 Å². The van der Waals surface area contributed by atoms with E-state index in [2.05, 4.69) is 32.9 Å². The van der Waals surface area contributed by atoms with Gasteiger partial charge in [0.15, 0.2) is 0 Å². The first-order chi connectivity index (χ1) is 9.22. The Balaban J connectivity index is 1.47. The minimum atomic E-state index is 0.142. The molecule has 1 amide bonds. The molecule has 0 atom stereocenters. The third-order valence-corrected chi connectivity index (χ3v) is 4.68. The number of hydrogen-bond acceptors (Lipinski definition) is 2. The van der Waals surface area contributed by atoms with Gasteiger partial charge < -0.3 is 15.2 Å². The van der Waals surface area contributed by atoms with Crippen LogP contribution in [-0.2, 0) is 0 Å². The number of rotatable bonds is 4. The number of hydrogen-bond donors (Lipinski definition) is 2. The van der Waals surface area contributed by atoms with Gasteiger partial charge in [-0.2, -0.15) is 0 Å². The summed E-state index contributed by atoms with van der Waals surface area (Å²) < 4.78 is 1.09. The Kier molecular flexibility index (Phi) is 4.12. The maximum Gasteiger partial charge on any atom is 0.270 e. The van der Waals surface area contributed by atoms with Gasteiger partial charge in [0.25, 0.3) is 5.91 Å². The molecule has 0 spiro atoms. The van der Waals surface area contributed by atoms with Crippen LogP contribution < -0.4 is 5.32 Å². The average Bonchev–Trinajstić information content (AvgIpc) is 3.17. The largest absolute Gasteiger partial charge is 0.356 e. The van der Waals surface area contributed by atoms with Gasteiger partial charge in [-0.05, 0) is 66.8 Å². The normalized spacial score (nSPS) is 20.8. The van der Waals surface area contributed by atoms with E-state index in [1.165, 1.54) is 19.4 Å². The number of likely N-dealkylation sites (tertiary alicyclic amines) is 1.